The first kappa shape index (κ1) is 11.8. The number of hydrogen-bond donors (Lipinski definition) is 2. The van der Waals surface area contributed by atoms with Crippen LogP contribution in [0.5, 0.6) is 5.75 Å². The summed E-state index contributed by atoms with van der Waals surface area (Å²) >= 11 is 1.32. The van der Waals surface area contributed by atoms with Gasteiger partial charge >= 0.3 is 5.69 Å². The van der Waals surface area contributed by atoms with Crippen LogP contribution in [0.15, 0.2) is 45.0 Å². The molecule has 0 aliphatic heterocycles. The number of fused-ring (bicyclic) bond motifs is 1. The van der Waals surface area contributed by atoms with E-state index in [0.29, 0.717) is 21.4 Å². The van der Waals surface area contributed by atoms with Gasteiger partial charge in [0.15, 0.2) is 5.65 Å². The van der Waals surface area contributed by atoms with E-state index in [-0.39, 0.29) is 11.4 Å². The molecule has 0 saturated heterocycles. The molecule has 0 fully saturated rings. The topological polar surface area (TPSA) is 83.3 Å². The van der Waals surface area contributed by atoms with Crippen molar-refractivity contribution in [3.8, 4) is 5.75 Å². The van der Waals surface area contributed by atoms with E-state index in [1.165, 1.54) is 16.2 Å². The minimum atomic E-state index is -0.306. The lowest BCUT2D eigenvalue weighted by Gasteiger charge is -2.05. The third kappa shape index (κ3) is 2.08. The number of phenols is 1. The molecule has 0 aliphatic carbocycles. The molecule has 2 aromatic heterocycles. The Morgan fingerprint density at radius 3 is 2.95 bits per heavy atom. The molecular formula is C12H10N4O2S. The standard InChI is InChI=1S/C12H10N4O2S/c1-7-13-11(6-10-14-15-12(18)16(7)10)19-9-5-3-2-4-8(9)17/h2-6,17H,1H3,(H,15,18). The Morgan fingerprint density at radius 1 is 1.37 bits per heavy atom. The zero-order valence-electron chi connectivity index (χ0n) is 9.99. The Morgan fingerprint density at radius 2 is 2.16 bits per heavy atom. The summed E-state index contributed by atoms with van der Waals surface area (Å²) in [6.45, 7) is 1.73. The highest BCUT2D eigenvalue weighted by atomic mass is 32.2. The highest BCUT2D eigenvalue weighted by Gasteiger charge is 2.09. The Bertz CT molecular complexity index is 809. The molecule has 7 heteroatoms. The van der Waals surface area contributed by atoms with Crippen LogP contribution in [0.2, 0.25) is 0 Å². The van der Waals surface area contributed by atoms with Gasteiger partial charge in [-0.3, -0.25) is 0 Å². The van der Waals surface area contributed by atoms with Gasteiger partial charge in [0.2, 0.25) is 0 Å². The summed E-state index contributed by atoms with van der Waals surface area (Å²) in [5.74, 6) is 0.750. The van der Waals surface area contributed by atoms with E-state index in [9.17, 15) is 9.90 Å². The number of benzene rings is 1. The maximum absolute atomic E-state index is 11.5. The number of para-hydroxylation sites is 1. The van der Waals surface area contributed by atoms with Crippen LogP contribution in [0.1, 0.15) is 5.82 Å². The molecule has 1 aromatic carbocycles. The largest absolute Gasteiger partial charge is 0.507 e. The van der Waals surface area contributed by atoms with Crippen molar-refractivity contribution < 1.29 is 5.11 Å². The smallest absolute Gasteiger partial charge is 0.349 e. The summed E-state index contributed by atoms with van der Waals surface area (Å²) in [7, 11) is 0. The molecule has 3 aromatic rings. The maximum atomic E-state index is 11.5. The monoisotopic (exact) mass is 274 g/mol. The number of rotatable bonds is 2. The Balaban J connectivity index is 2.07. The molecule has 19 heavy (non-hydrogen) atoms. The van der Waals surface area contributed by atoms with Gasteiger partial charge in [0.25, 0.3) is 0 Å². The van der Waals surface area contributed by atoms with Gasteiger partial charge in [0.05, 0.1) is 4.90 Å². The van der Waals surface area contributed by atoms with Crippen LogP contribution in [0.25, 0.3) is 5.65 Å². The van der Waals surface area contributed by atoms with Gasteiger partial charge in [-0.05, 0) is 19.1 Å². The SMILES string of the molecule is Cc1nc(Sc2ccccc2O)cc2n[nH]c(=O)n12. The van der Waals surface area contributed by atoms with Crippen molar-refractivity contribution in [2.24, 2.45) is 0 Å². The Kier molecular flexibility index (Phi) is 2.75. The van der Waals surface area contributed by atoms with Crippen molar-refractivity contribution in [1.29, 1.82) is 0 Å². The molecule has 2 heterocycles. The molecule has 0 spiro atoms. The van der Waals surface area contributed by atoms with E-state index < -0.39 is 0 Å². The molecule has 0 amide bonds. The third-order valence-electron chi connectivity index (χ3n) is 2.63. The van der Waals surface area contributed by atoms with Crippen LogP contribution >= 0.6 is 11.8 Å². The van der Waals surface area contributed by atoms with Crippen LogP contribution in [-0.2, 0) is 0 Å². The number of phenolic OH excluding ortho intramolecular Hbond substituents is 1. The molecule has 96 valence electrons. The first-order valence-electron chi connectivity index (χ1n) is 5.56. The normalized spacial score (nSPS) is 11.0. The second-order valence-electron chi connectivity index (χ2n) is 3.93. The summed E-state index contributed by atoms with van der Waals surface area (Å²) in [6.07, 6.45) is 0. The summed E-state index contributed by atoms with van der Waals surface area (Å²) < 4.78 is 1.40. The predicted molar refractivity (Wildman–Crippen MR) is 70.6 cm³/mol. The van der Waals surface area contributed by atoms with Gasteiger partial charge in [0, 0.05) is 6.07 Å². The van der Waals surface area contributed by atoms with Crippen molar-refractivity contribution in [3.05, 3.63) is 46.6 Å². The van der Waals surface area contributed by atoms with Gasteiger partial charge in [-0.2, -0.15) is 5.10 Å². The van der Waals surface area contributed by atoms with Crippen molar-refractivity contribution in [2.75, 3.05) is 0 Å². The van der Waals surface area contributed by atoms with Gasteiger partial charge in [0.1, 0.15) is 16.6 Å². The minimum Gasteiger partial charge on any atom is -0.507 e. The average Bonchev–Trinajstić information content (AvgIpc) is 2.74. The number of H-pyrrole nitrogens is 1. The summed E-state index contributed by atoms with van der Waals surface area (Å²) in [6, 6.07) is 8.72. The quantitative estimate of drug-likeness (QED) is 0.693. The molecule has 0 unspecified atom stereocenters. The van der Waals surface area contributed by atoms with E-state index in [4.69, 9.17) is 0 Å². The van der Waals surface area contributed by atoms with E-state index >= 15 is 0 Å². The van der Waals surface area contributed by atoms with Crippen LogP contribution in [0.4, 0.5) is 0 Å². The van der Waals surface area contributed by atoms with Crippen LogP contribution in [0.3, 0.4) is 0 Å². The van der Waals surface area contributed by atoms with Crippen molar-refractivity contribution >= 4 is 17.4 Å². The molecular weight excluding hydrogens is 264 g/mol. The number of aromatic amines is 1. The number of aromatic hydroxyl groups is 1. The van der Waals surface area contributed by atoms with E-state index in [1.807, 2.05) is 6.07 Å². The molecule has 0 bridgehead atoms. The van der Waals surface area contributed by atoms with E-state index in [2.05, 4.69) is 15.2 Å². The number of nitrogens with one attached hydrogen (secondary N) is 1. The number of nitrogens with zero attached hydrogens (tertiary/aromatic N) is 3. The van der Waals surface area contributed by atoms with Gasteiger partial charge in [-0.15, -0.1) is 0 Å². The molecule has 0 aliphatic rings. The third-order valence-corrected chi connectivity index (χ3v) is 3.61. The van der Waals surface area contributed by atoms with E-state index in [1.54, 1.807) is 31.2 Å². The van der Waals surface area contributed by atoms with Crippen LogP contribution in [0, 0.1) is 6.92 Å². The van der Waals surface area contributed by atoms with Gasteiger partial charge in [-0.25, -0.2) is 19.3 Å². The van der Waals surface area contributed by atoms with Gasteiger partial charge in [-0.1, -0.05) is 23.9 Å². The van der Waals surface area contributed by atoms with Crippen LogP contribution < -0.4 is 5.69 Å². The summed E-state index contributed by atoms with van der Waals surface area (Å²) in [4.78, 5) is 16.5. The lowest BCUT2D eigenvalue weighted by atomic mass is 10.3. The fourth-order valence-electron chi connectivity index (χ4n) is 1.78. The summed E-state index contributed by atoms with van der Waals surface area (Å²) in [5, 5.41) is 16.7. The fraction of sp³-hybridized carbons (Fsp3) is 0.0833. The lowest BCUT2D eigenvalue weighted by Crippen LogP contribution is -2.13. The molecule has 2 N–H and O–H groups in total. The fourth-order valence-corrected chi connectivity index (χ4v) is 2.67. The average molecular weight is 274 g/mol. The second-order valence-corrected chi connectivity index (χ2v) is 5.00. The Hall–Kier alpha value is -2.28. The number of aromatic nitrogens is 4. The highest BCUT2D eigenvalue weighted by Crippen LogP contribution is 2.33. The van der Waals surface area contributed by atoms with Crippen LogP contribution in [-0.4, -0.2) is 24.7 Å². The number of hydrogen-bond acceptors (Lipinski definition) is 5. The molecule has 0 saturated carbocycles. The first-order valence-corrected chi connectivity index (χ1v) is 6.37. The van der Waals surface area contributed by atoms with Crippen molar-refractivity contribution in [1.82, 2.24) is 19.6 Å². The minimum absolute atomic E-state index is 0.200. The molecule has 6 nitrogen and oxygen atoms in total. The van der Waals surface area contributed by atoms with Crippen molar-refractivity contribution in [3.63, 3.8) is 0 Å². The summed E-state index contributed by atoms with van der Waals surface area (Å²) in [5.41, 5.74) is 0.203. The van der Waals surface area contributed by atoms with E-state index in [0.717, 1.165) is 0 Å². The lowest BCUT2D eigenvalue weighted by molar-refractivity contribution is 0.462. The second kappa shape index (κ2) is 4.43. The van der Waals surface area contributed by atoms with Gasteiger partial charge < -0.3 is 5.11 Å². The predicted octanol–water partition coefficient (Wildman–Crippen LogP) is 1.58. The molecule has 0 atom stereocenters. The maximum Gasteiger partial charge on any atom is 0.349 e. The first-order chi connectivity index (χ1) is 9.15. The zero-order chi connectivity index (χ0) is 13.4. The number of aryl methyl sites for hydroxylation is 1. The molecule has 3 rings (SSSR count). The zero-order valence-corrected chi connectivity index (χ0v) is 10.8. The molecule has 0 radical (unpaired) electrons. The van der Waals surface area contributed by atoms with Crippen molar-refractivity contribution in [2.45, 2.75) is 16.8 Å². The highest BCUT2D eigenvalue weighted by molar-refractivity contribution is 7.99. The Labute approximate surface area is 112 Å².